The summed E-state index contributed by atoms with van der Waals surface area (Å²) in [6.07, 6.45) is 0.0835. The van der Waals surface area contributed by atoms with Crippen molar-refractivity contribution in [3.63, 3.8) is 0 Å². The molecule has 174 valence electrons. The van der Waals surface area contributed by atoms with Crippen molar-refractivity contribution in [3.8, 4) is 11.3 Å². The first kappa shape index (κ1) is 17.1. The lowest BCUT2D eigenvalue weighted by Crippen LogP contribution is -2.13. The lowest BCUT2D eigenvalue weighted by molar-refractivity contribution is -0.119. The van der Waals surface area contributed by atoms with E-state index in [2.05, 4.69) is 15.1 Å². The molecule has 2 N–H and O–H groups in total. The number of nitrogens with zero attached hydrogens (tertiary/aromatic N) is 4. The van der Waals surface area contributed by atoms with Crippen molar-refractivity contribution in [2.24, 2.45) is 5.41 Å². The number of Topliss-reactive ketones (excluding diaryl/α,β-unsaturated/α-hetero) is 1. The van der Waals surface area contributed by atoms with Gasteiger partial charge in [0.1, 0.15) is 23.0 Å². The van der Waals surface area contributed by atoms with E-state index in [0.717, 1.165) is 0 Å². The first-order chi connectivity index (χ1) is 17.8. The van der Waals surface area contributed by atoms with Crippen LogP contribution in [0.2, 0.25) is 0 Å². The molecule has 33 heavy (non-hydrogen) atoms. The third kappa shape index (κ3) is 5.14. The largest absolute Gasteiger partial charge is 0.393 e. The van der Waals surface area contributed by atoms with Crippen LogP contribution in [-0.2, 0) is 17.6 Å². The first-order valence-corrected chi connectivity index (χ1v) is 10.4. The average molecular weight is 458 g/mol. The van der Waals surface area contributed by atoms with Crippen molar-refractivity contribution in [1.82, 2.24) is 14.9 Å². The Morgan fingerprint density at radius 2 is 2.00 bits per heavy atom. The second kappa shape index (κ2) is 9.18. The fraction of sp³-hybridized carbons (Fsp3) is 0.440. The third-order valence-corrected chi connectivity index (χ3v) is 5.24. The smallest absolute Gasteiger partial charge is 0.254 e. The van der Waals surface area contributed by atoms with E-state index in [9.17, 15) is 9.18 Å². The summed E-state index contributed by atoms with van der Waals surface area (Å²) in [5, 5.41) is 7.90. The molecule has 0 saturated heterocycles. The van der Waals surface area contributed by atoms with Crippen molar-refractivity contribution in [1.29, 1.82) is 0 Å². The highest BCUT2D eigenvalue weighted by molar-refractivity contribution is 5.87. The van der Waals surface area contributed by atoms with E-state index >= 15 is 0 Å². The molecular formula is C25H30FN5O2. The van der Waals surface area contributed by atoms with Gasteiger partial charge >= 0.3 is 0 Å². The molecule has 0 aliphatic heterocycles. The summed E-state index contributed by atoms with van der Waals surface area (Å²) in [5.41, 5.74) is 6.75. The Bertz CT molecular complexity index is 1380. The maximum Gasteiger partial charge on any atom is 0.254 e. The SMILES string of the molecule is [2H]C([2H])([2H])C(n1nc(-c2ccc(C(C)C(=O)Cc3onc(CC(C)(C)C)c3F)cc2)c([N+]#[C-])c1N)C([2H])([2H])[2H]. The molecule has 2 aromatic heterocycles. The number of hydrogen-bond donors (Lipinski definition) is 1. The Kier molecular flexibility index (Phi) is 4.75. The molecule has 1 unspecified atom stereocenters. The zero-order valence-corrected chi connectivity index (χ0v) is 18.9. The number of halogens is 1. The van der Waals surface area contributed by atoms with Gasteiger partial charge in [-0.2, -0.15) is 5.10 Å². The van der Waals surface area contributed by atoms with Gasteiger partial charge in [0.15, 0.2) is 11.6 Å². The van der Waals surface area contributed by atoms with Crippen LogP contribution in [0.15, 0.2) is 28.8 Å². The average Bonchev–Trinajstić information content (AvgIpc) is 3.29. The minimum Gasteiger partial charge on any atom is -0.393 e. The van der Waals surface area contributed by atoms with Crippen LogP contribution in [0.3, 0.4) is 0 Å². The van der Waals surface area contributed by atoms with Crippen molar-refractivity contribution >= 4 is 17.3 Å². The minimum absolute atomic E-state index is 0.0154. The topological polar surface area (TPSA) is 91.3 Å². The molecule has 0 radical (unpaired) electrons. The first-order valence-electron chi connectivity index (χ1n) is 13.4. The summed E-state index contributed by atoms with van der Waals surface area (Å²) in [5.74, 6) is -2.04. The number of nitrogen functional groups attached to an aromatic ring is 1. The van der Waals surface area contributed by atoms with Crippen LogP contribution in [0.5, 0.6) is 0 Å². The molecule has 0 aliphatic rings. The fourth-order valence-electron chi connectivity index (χ4n) is 3.44. The zero-order valence-electron chi connectivity index (χ0n) is 24.9. The van der Waals surface area contributed by atoms with Crippen LogP contribution in [0.4, 0.5) is 15.9 Å². The molecule has 3 rings (SSSR count). The summed E-state index contributed by atoms with van der Waals surface area (Å²) in [6.45, 7) is 9.07. The molecule has 3 aromatic rings. The summed E-state index contributed by atoms with van der Waals surface area (Å²) in [6, 6.07) is 4.32. The predicted octanol–water partition coefficient (Wildman–Crippen LogP) is 5.89. The minimum atomic E-state index is -2.96. The van der Waals surface area contributed by atoms with E-state index in [0.29, 0.717) is 22.2 Å². The van der Waals surface area contributed by atoms with Crippen molar-refractivity contribution < 1.29 is 21.9 Å². The van der Waals surface area contributed by atoms with Crippen LogP contribution in [0, 0.1) is 17.8 Å². The molecule has 7 nitrogen and oxygen atoms in total. The van der Waals surface area contributed by atoms with Gasteiger partial charge in [0.2, 0.25) is 0 Å². The van der Waals surface area contributed by atoms with Gasteiger partial charge in [-0.25, -0.2) is 9.24 Å². The maximum atomic E-state index is 14.7. The Hall–Kier alpha value is -3.47. The van der Waals surface area contributed by atoms with E-state index in [4.69, 9.17) is 25.1 Å². The van der Waals surface area contributed by atoms with Gasteiger partial charge < -0.3 is 10.3 Å². The van der Waals surface area contributed by atoms with Crippen molar-refractivity contribution in [3.05, 3.63) is 58.5 Å². The summed E-state index contributed by atoms with van der Waals surface area (Å²) >= 11 is 0. The highest BCUT2D eigenvalue weighted by atomic mass is 19.1. The van der Waals surface area contributed by atoms with E-state index in [-0.39, 0.29) is 46.3 Å². The zero-order chi connectivity index (χ0) is 29.5. The molecule has 0 spiro atoms. The fourth-order valence-corrected chi connectivity index (χ4v) is 3.44. The van der Waals surface area contributed by atoms with E-state index in [1.165, 1.54) is 0 Å². The second-order valence-corrected chi connectivity index (χ2v) is 9.13. The molecule has 0 saturated carbocycles. The number of aromatic nitrogens is 3. The molecule has 0 bridgehead atoms. The van der Waals surface area contributed by atoms with Gasteiger partial charge in [-0.05, 0) is 30.2 Å². The highest BCUT2D eigenvalue weighted by Gasteiger charge is 2.25. The number of ketones is 1. The van der Waals surface area contributed by atoms with Crippen molar-refractivity contribution in [2.45, 2.75) is 66.2 Å². The number of anilines is 1. The summed E-state index contributed by atoms with van der Waals surface area (Å²) in [7, 11) is 0. The summed E-state index contributed by atoms with van der Waals surface area (Å²) < 4.78 is 66.6. The van der Waals surface area contributed by atoms with Crippen molar-refractivity contribution in [2.75, 3.05) is 5.73 Å². The molecule has 8 heteroatoms. The molecular weight excluding hydrogens is 421 g/mol. The molecule has 0 amide bonds. The second-order valence-electron chi connectivity index (χ2n) is 9.13. The Morgan fingerprint density at radius 1 is 1.33 bits per heavy atom. The monoisotopic (exact) mass is 457 g/mol. The highest BCUT2D eigenvalue weighted by Crippen LogP contribution is 2.37. The van der Waals surface area contributed by atoms with E-state index in [1.807, 2.05) is 20.8 Å². The predicted molar refractivity (Wildman–Crippen MR) is 125 cm³/mol. The lowest BCUT2D eigenvalue weighted by Gasteiger charge is -2.15. The third-order valence-electron chi connectivity index (χ3n) is 5.24. The maximum absolute atomic E-state index is 14.7. The lowest BCUT2D eigenvalue weighted by atomic mass is 9.90. The van der Waals surface area contributed by atoms with Crippen LogP contribution in [0.1, 0.15) is 78.6 Å². The number of rotatable bonds is 7. The summed E-state index contributed by atoms with van der Waals surface area (Å²) in [4.78, 5) is 16.2. The number of benzene rings is 1. The standard InChI is InChI=1S/C25H30FN5O2/c1-14(2)31-24(27)23(28-7)22(29-31)17-10-8-16(9-11-17)15(3)19(32)12-20-21(26)18(30-33-20)13-25(4,5)6/h8-11,14-15H,12-13,27H2,1-6H3/i1D3,2D3. The number of nitrogens with two attached hydrogens (primary N) is 1. The van der Waals surface area contributed by atoms with Gasteiger partial charge in [-0.3, -0.25) is 9.48 Å². The Morgan fingerprint density at radius 3 is 2.58 bits per heavy atom. The Labute approximate surface area is 202 Å². The Balaban J connectivity index is 1.87. The molecule has 1 aromatic carbocycles. The van der Waals surface area contributed by atoms with Gasteiger partial charge in [0.05, 0.1) is 13.0 Å². The number of carbonyl (C=O) groups is 1. The number of hydrogen-bond acceptors (Lipinski definition) is 5. The molecule has 1 atom stereocenters. The van der Waals surface area contributed by atoms with E-state index < -0.39 is 31.5 Å². The van der Waals surface area contributed by atoms with Crippen LogP contribution in [-0.4, -0.2) is 20.7 Å². The molecule has 0 aliphatic carbocycles. The van der Waals surface area contributed by atoms with Crippen LogP contribution >= 0.6 is 0 Å². The normalized spacial score (nSPS) is 16.2. The van der Waals surface area contributed by atoms with Gasteiger partial charge in [0, 0.05) is 26.6 Å². The van der Waals surface area contributed by atoms with E-state index in [1.54, 1.807) is 31.2 Å². The van der Waals surface area contributed by atoms with Crippen LogP contribution in [0.25, 0.3) is 16.1 Å². The molecule has 0 fully saturated rings. The number of carbonyl (C=O) groups excluding carboxylic acids is 1. The van der Waals surface area contributed by atoms with Gasteiger partial charge in [-0.1, -0.05) is 57.1 Å². The van der Waals surface area contributed by atoms with Gasteiger partial charge in [0.25, 0.3) is 5.69 Å². The molecule has 2 heterocycles. The van der Waals surface area contributed by atoms with Crippen LogP contribution < -0.4 is 5.73 Å². The van der Waals surface area contributed by atoms with Gasteiger partial charge in [-0.15, -0.1) is 0 Å². The quantitative estimate of drug-likeness (QED) is 0.446.